The molecule has 0 spiro atoms. The van der Waals surface area contributed by atoms with Gasteiger partial charge >= 0.3 is 0 Å². The van der Waals surface area contributed by atoms with Gasteiger partial charge in [-0.3, -0.25) is 0 Å². The molecule has 0 atom stereocenters. The lowest BCUT2D eigenvalue weighted by Crippen LogP contribution is -2.24. The van der Waals surface area contributed by atoms with E-state index < -0.39 is 0 Å². The first kappa shape index (κ1) is 12.5. The van der Waals surface area contributed by atoms with Crippen molar-refractivity contribution in [3.63, 3.8) is 0 Å². The van der Waals surface area contributed by atoms with Crippen molar-refractivity contribution in [2.45, 2.75) is 65.5 Å². The van der Waals surface area contributed by atoms with E-state index >= 15 is 0 Å². The van der Waals surface area contributed by atoms with Crippen LogP contribution in [0, 0.1) is 13.8 Å². The van der Waals surface area contributed by atoms with Crippen LogP contribution in [-0.4, -0.2) is 16.0 Å². The molecule has 1 N–H and O–H groups in total. The molecule has 0 bridgehead atoms. The van der Waals surface area contributed by atoms with E-state index in [0.29, 0.717) is 12.0 Å². The number of hydrogen-bond donors (Lipinski definition) is 1. The van der Waals surface area contributed by atoms with Crippen LogP contribution in [0.1, 0.15) is 61.8 Å². The molecular weight excluding hydrogens is 210 g/mol. The quantitative estimate of drug-likeness (QED) is 0.869. The van der Waals surface area contributed by atoms with Crippen LogP contribution >= 0.6 is 0 Å². The summed E-state index contributed by atoms with van der Waals surface area (Å²) >= 11 is 0. The molecule has 1 saturated carbocycles. The molecule has 0 saturated heterocycles. The Labute approximate surface area is 104 Å². The molecular formula is C14H23N3. The highest BCUT2D eigenvalue weighted by Gasteiger charge is 2.23. The standard InChI is InChI=1S/C14H23N3/c1-9(2)15-8-13-10(3)16-14(17-11(13)4)12-6-5-7-12/h9,12,15H,5-8H2,1-4H3. The largest absolute Gasteiger partial charge is 0.310 e. The Hall–Kier alpha value is -0.960. The molecule has 1 aliphatic rings. The second-order valence-electron chi connectivity index (χ2n) is 5.39. The number of hydrogen-bond acceptors (Lipinski definition) is 3. The van der Waals surface area contributed by atoms with Gasteiger partial charge in [-0.05, 0) is 26.7 Å². The zero-order chi connectivity index (χ0) is 12.4. The highest BCUT2D eigenvalue weighted by molar-refractivity contribution is 5.25. The molecule has 1 aliphatic carbocycles. The van der Waals surface area contributed by atoms with Crippen LogP contribution in [-0.2, 0) is 6.54 Å². The zero-order valence-electron chi connectivity index (χ0n) is 11.4. The van der Waals surface area contributed by atoms with Crippen molar-refractivity contribution in [2.24, 2.45) is 0 Å². The van der Waals surface area contributed by atoms with Crippen LogP contribution in [0.4, 0.5) is 0 Å². The average Bonchev–Trinajstić information content (AvgIpc) is 2.12. The van der Waals surface area contributed by atoms with Gasteiger partial charge in [0.2, 0.25) is 0 Å². The van der Waals surface area contributed by atoms with Crippen LogP contribution in [0.2, 0.25) is 0 Å². The maximum absolute atomic E-state index is 4.68. The van der Waals surface area contributed by atoms with Crippen molar-refractivity contribution >= 4 is 0 Å². The molecule has 0 aliphatic heterocycles. The summed E-state index contributed by atoms with van der Waals surface area (Å²) in [7, 11) is 0. The predicted octanol–water partition coefficient (Wildman–Crippen LogP) is 2.86. The molecule has 3 heteroatoms. The third-order valence-corrected chi connectivity index (χ3v) is 3.60. The van der Waals surface area contributed by atoms with E-state index in [1.54, 1.807) is 0 Å². The lowest BCUT2D eigenvalue weighted by atomic mass is 9.84. The summed E-state index contributed by atoms with van der Waals surface area (Å²) < 4.78 is 0. The third-order valence-electron chi connectivity index (χ3n) is 3.60. The minimum Gasteiger partial charge on any atom is -0.310 e. The summed E-state index contributed by atoms with van der Waals surface area (Å²) in [6, 6.07) is 0.500. The van der Waals surface area contributed by atoms with Crippen LogP contribution in [0.3, 0.4) is 0 Å². The molecule has 0 amide bonds. The Morgan fingerprint density at radius 2 is 1.76 bits per heavy atom. The molecule has 94 valence electrons. The van der Waals surface area contributed by atoms with E-state index in [-0.39, 0.29) is 0 Å². The van der Waals surface area contributed by atoms with Gasteiger partial charge in [-0.2, -0.15) is 0 Å². The summed E-state index contributed by atoms with van der Waals surface area (Å²) in [4.78, 5) is 9.37. The first-order valence-electron chi connectivity index (χ1n) is 6.65. The lowest BCUT2D eigenvalue weighted by molar-refractivity contribution is 0.399. The molecule has 1 fully saturated rings. The summed E-state index contributed by atoms with van der Waals surface area (Å²) in [6.07, 6.45) is 3.87. The number of nitrogens with one attached hydrogen (secondary N) is 1. The van der Waals surface area contributed by atoms with Gasteiger partial charge in [-0.1, -0.05) is 20.3 Å². The van der Waals surface area contributed by atoms with Crippen LogP contribution in [0.25, 0.3) is 0 Å². The van der Waals surface area contributed by atoms with Gasteiger partial charge < -0.3 is 5.32 Å². The Morgan fingerprint density at radius 1 is 1.18 bits per heavy atom. The fraction of sp³-hybridized carbons (Fsp3) is 0.714. The first-order valence-corrected chi connectivity index (χ1v) is 6.65. The molecule has 3 nitrogen and oxygen atoms in total. The lowest BCUT2D eigenvalue weighted by Gasteiger charge is -2.25. The Morgan fingerprint density at radius 3 is 2.18 bits per heavy atom. The summed E-state index contributed by atoms with van der Waals surface area (Å²) in [6.45, 7) is 9.41. The second-order valence-corrected chi connectivity index (χ2v) is 5.39. The topological polar surface area (TPSA) is 37.8 Å². The van der Waals surface area contributed by atoms with E-state index in [9.17, 15) is 0 Å². The maximum Gasteiger partial charge on any atom is 0.131 e. The van der Waals surface area contributed by atoms with Gasteiger partial charge in [-0.25, -0.2) is 9.97 Å². The van der Waals surface area contributed by atoms with Crippen molar-refractivity contribution in [1.29, 1.82) is 0 Å². The monoisotopic (exact) mass is 233 g/mol. The van der Waals surface area contributed by atoms with E-state index in [4.69, 9.17) is 0 Å². The van der Waals surface area contributed by atoms with Crippen LogP contribution in [0.5, 0.6) is 0 Å². The summed E-state index contributed by atoms with van der Waals surface area (Å²) in [5, 5.41) is 3.44. The van der Waals surface area contributed by atoms with Gasteiger partial charge in [0.05, 0.1) is 0 Å². The van der Waals surface area contributed by atoms with Crippen molar-refractivity contribution < 1.29 is 0 Å². The van der Waals surface area contributed by atoms with Gasteiger partial charge in [0, 0.05) is 35.5 Å². The molecule has 0 unspecified atom stereocenters. The van der Waals surface area contributed by atoms with E-state index in [1.807, 2.05) is 0 Å². The van der Waals surface area contributed by atoms with Crippen molar-refractivity contribution in [2.75, 3.05) is 0 Å². The van der Waals surface area contributed by atoms with Crippen molar-refractivity contribution in [1.82, 2.24) is 15.3 Å². The summed E-state index contributed by atoms with van der Waals surface area (Å²) in [5.41, 5.74) is 3.56. The minimum absolute atomic E-state index is 0.500. The number of rotatable bonds is 4. The molecule has 1 aromatic rings. The Balaban J connectivity index is 2.16. The Bertz CT molecular complexity index is 371. The third kappa shape index (κ3) is 2.83. The molecule has 1 aromatic heterocycles. The van der Waals surface area contributed by atoms with E-state index in [2.05, 4.69) is 43.0 Å². The number of nitrogens with zero attached hydrogens (tertiary/aromatic N) is 2. The van der Waals surface area contributed by atoms with Crippen molar-refractivity contribution in [3.8, 4) is 0 Å². The fourth-order valence-corrected chi connectivity index (χ4v) is 2.18. The average molecular weight is 233 g/mol. The smallest absolute Gasteiger partial charge is 0.131 e. The minimum atomic E-state index is 0.500. The van der Waals surface area contributed by atoms with Crippen LogP contribution in [0.15, 0.2) is 0 Å². The Kier molecular flexibility index (Phi) is 3.77. The fourth-order valence-electron chi connectivity index (χ4n) is 2.18. The zero-order valence-corrected chi connectivity index (χ0v) is 11.4. The molecule has 1 heterocycles. The van der Waals surface area contributed by atoms with Gasteiger partial charge in [0.1, 0.15) is 5.82 Å². The summed E-state index contributed by atoms with van der Waals surface area (Å²) in [5.74, 6) is 1.69. The SMILES string of the molecule is Cc1nc(C2CCC2)nc(C)c1CNC(C)C. The number of aryl methyl sites for hydroxylation is 2. The van der Waals surface area contributed by atoms with Gasteiger partial charge in [0.25, 0.3) is 0 Å². The molecule has 2 rings (SSSR count). The maximum atomic E-state index is 4.68. The molecule has 0 radical (unpaired) electrons. The highest BCUT2D eigenvalue weighted by Crippen LogP contribution is 2.34. The first-order chi connectivity index (χ1) is 8.08. The van der Waals surface area contributed by atoms with Crippen molar-refractivity contribution in [3.05, 3.63) is 22.8 Å². The normalized spacial score (nSPS) is 16.3. The highest BCUT2D eigenvalue weighted by atomic mass is 14.9. The van der Waals surface area contributed by atoms with Gasteiger partial charge in [-0.15, -0.1) is 0 Å². The number of aromatic nitrogens is 2. The molecule has 17 heavy (non-hydrogen) atoms. The second kappa shape index (κ2) is 5.13. The van der Waals surface area contributed by atoms with Crippen LogP contribution < -0.4 is 5.32 Å². The molecule has 0 aromatic carbocycles. The van der Waals surface area contributed by atoms with E-state index in [0.717, 1.165) is 23.8 Å². The van der Waals surface area contributed by atoms with E-state index in [1.165, 1.54) is 24.8 Å². The van der Waals surface area contributed by atoms with Gasteiger partial charge in [0.15, 0.2) is 0 Å². The predicted molar refractivity (Wildman–Crippen MR) is 70.1 cm³/mol.